The van der Waals surface area contributed by atoms with Gasteiger partial charge in [0.15, 0.2) is 0 Å². The van der Waals surface area contributed by atoms with Crippen molar-refractivity contribution in [3.8, 4) is 0 Å². The van der Waals surface area contributed by atoms with Gasteiger partial charge < -0.3 is 4.74 Å². The molecule has 0 amide bonds. The summed E-state index contributed by atoms with van der Waals surface area (Å²) in [6.07, 6.45) is 6.23. The second-order valence-electron chi connectivity index (χ2n) is 7.17. The van der Waals surface area contributed by atoms with E-state index in [1.54, 1.807) is 12.3 Å². The molecule has 0 bridgehead atoms. The van der Waals surface area contributed by atoms with E-state index in [2.05, 4.69) is 11.9 Å². The van der Waals surface area contributed by atoms with Crippen LogP contribution < -0.4 is 5.56 Å². The van der Waals surface area contributed by atoms with Crippen LogP contribution in [-0.4, -0.2) is 15.4 Å². The summed E-state index contributed by atoms with van der Waals surface area (Å²) in [4.78, 5) is 31.1. The number of nitrogens with zero attached hydrogens (tertiary/aromatic N) is 2. The SMILES string of the molecule is CC[C@H]1CCc2sc(C(=O)OCc3cc(=O)n4cc(C)ccc4n3)cc2C1. The van der Waals surface area contributed by atoms with Crippen LogP contribution in [0.4, 0.5) is 0 Å². The Kier molecular flexibility index (Phi) is 4.83. The molecular formula is C21H22N2O3S. The fraction of sp³-hybridized carbons (Fsp3) is 0.381. The lowest BCUT2D eigenvalue weighted by Gasteiger charge is -2.19. The Morgan fingerprint density at radius 2 is 2.22 bits per heavy atom. The van der Waals surface area contributed by atoms with Crippen LogP contribution in [0.5, 0.6) is 0 Å². The van der Waals surface area contributed by atoms with E-state index < -0.39 is 0 Å². The average molecular weight is 382 g/mol. The van der Waals surface area contributed by atoms with Crippen LogP contribution >= 0.6 is 11.3 Å². The highest BCUT2D eigenvalue weighted by Crippen LogP contribution is 2.33. The molecule has 3 heterocycles. The molecule has 1 atom stereocenters. The molecular weight excluding hydrogens is 360 g/mol. The van der Waals surface area contributed by atoms with Crippen molar-refractivity contribution in [1.29, 1.82) is 0 Å². The quantitative estimate of drug-likeness (QED) is 0.642. The Morgan fingerprint density at radius 3 is 3.04 bits per heavy atom. The number of hydrogen-bond acceptors (Lipinski definition) is 5. The van der Waals surface area contributed by atoms with Gasteiger partial charge in [-0.25, -0.2) is 9.78 Å². The number of carbonyl (C=O) groups excluding carboxylic acids is 1. The van der Waals surface area contributed by atoms with Gasteiger partial charge in [-0.3, -0.25) is 9.20 Å². The number of rotatable bonds is 4. The maximum absolute atomic E-state index is 12.5. The summed E-state index contributed by atoms with van der Waals surface area (Å²) < 4.78 is 6.93. The minimum absolute atomic E-state index is 0.00139. The van der Waals surface area contributed by atoms with Crippen LogP contribution in [0.1, 0.15) is 51.1 Å². The largest absolute Gasteiger partial charge is 0.455 e. The first-order valence-corrected chi connectivity index (χ1v) is 10.1. The van der Waals surface area contributed by atoms with Crippen molar-refractivity contribution in [3.63, 3.8) is 0 Å². The van der Waals surface area contributed by atoms with Gasteiger partial charge in [-0.2, -0.15) is 0 Å². The predicted molar refractivity (Wildman–Crippen MR) is 105 cm³/mol. The van der Waals surface area contributed by atoms with E-state index in [9.17, 15) is 9.59 Å². The summed E-state index contributed by atoms with van der Waals surface area (Å²) >= 11 is 1.54. The molecule has 1 aliphatic rings. The van der Waals surface area contributed by atoms with Gasteiger partial charge in [0.2, 0.25) is 0 Å². The monoisotopic (exact) mass is 382 g/mol. The van der Waals surface area contributed by atoms with Gasteiger partial charge in [0.25, 0.3) is 5.56 Å². The maximum atomic E-state index is 12.5. The number of esters is 1. The number of thiophene rings is 1. The van der Waals surface area contributed by atoms with Crippen molar-refractivity contribution in [2.45, 2.75) is 46.1 Å². The van der Waals surface area contributed by atoms with Gasteiger partial charge in [0, 0.05) is 17.1 Å². The van der Waals surface area contributed by atoms with Crippen molar-refractivity contribution in [2.75, 3.05) is 0 Å². The van der Waals surface area contributed by atoms with Crippen molar-refractivity contribution in [1.82, 2.24) is 9.38 Å². The number of ether oxygens (including phenoxy) is 1. The van der Waals surface area contributed by atoms with Crippen molar-refractivity contribution < 1.29 is 9.53 Å². The van der Waals surface area contributed by atoms with Crippen molar-refractivity contribution >= 4 is 23.0 Å². The van der Waals surface area contributed by atoms with Crippen molar-refractivity contribution in [2.24, 2.45) is 5.92 Å². The second-order valence-corrected chi connectivity index (χ2v) is 8.31. The Labute approximate surface area is 161 Å². The van der Waals surface area contributed by atoms with Gasteiger partial charge in [-0.05, 0) is 55.4 Å². The van der Waals surface area contributed by atoms with E-state index in [-0.39, 0.29) is 18.1 Å². The minimum atomic E-state index is -0.339. The summed E-state index contributed by atoms with van der Waals surface area (Å²) in [5.41, 5.74) is 3.12. The highest BCUT2D eigenvalue weighted by atomic mass is 32.1. The predicted octanol–water partition coefficient (Wildman–Crippen LogP) is 3.94. The van der Waals surface area contributed by atoms with E-state index in [1.165, 1.54) is 45.1 Å². The third-order valence-electron chi connectivity index (χ3n) is 5.18. The van der Waals surface area contributed by atoms with E-state index >= 15 is 0 Å². The molecule has 1 aliphatic carbocycles. The first-order valence-electron chi connectivity index (χ1n) is 9.31. The lowest BCUT2D eigenvalue weighted by Crippen LogP contribution is -2.16. The van der Waals surface area contributed by atoms with Crippen LogP contribution in [-0.2, 0) is 24.2 Å². The molecule has 3 aromatic rings. The van der Waals surface area contributed by atoms with Gasteiger partial charge >= 0.3 is 5.97 Å². The normalized spacial score (nSPS) is 16.3. The lowest BCUT2D eigenvalue weighted by molar-refractivity contribution is 0.0473. The van der Waals surface area contributed by atoms with Crippen LogP contribution in [0.15, 0.2) is 35.3 Å². The van der Waals surface area contributed by atoms with Gasteiger partial charge in [0.05, 0.1) is 5.69 Å². The molecule has 4 rings (SSSR count). The second kappa shape index (κ2) is 7.27. The van der Waals surface area contributed by atoms with Crippen LogP contribution in [0.2, 0.25) is 0 Å². The topological polar surface area (TPSA) is 60.7 Å². The maximum Gasteiger partial charge on any atom is 0.348 e. The average Bonchev–Trinajstić information content (AvgIpc) is 3.10. The fourth-order valence-corrected chi connectivity index (χ4v) is 4.69. The Bertz CT molecular complexity index is 1070. The van der Waals surface area contributed by atoms with E-state index in [0.717, 1.165) is 24.3 Å². The first-order chi connectivity index (χ1) is 13.0. The van der Waals surface area contributed by atoms with Gasteiger partial charge in [-0.15, -0.1) is 11.3 Å². The Hall–Kier alpha value is -2.47. The number of carbonyl (C=O) groups is 1. The Balaban J connectivity index is 1.48. The standard InChI is InChI=1S/C21H22N2O3S/c1-3-14-5-6-17-15(8-14)9-18(27-17)21(25)26-12-16-10-20(24)23-11-13(2)4-7-19(23)22-16/h4,7,9-11,14H,3,5-6,8,12H2,1-2H3/t14-/m0/s1. The zero-order chi connectivity index (χ0) is 19.0. The lowest BCUT2D eigenvalue weighted by atomic mass is 9.87. The molecule has 5 nitrogen and oxygen atoms in total. The molecule has 0 N–H and O–H groups in total. The molecule has 3 aromatic heterocycles. The third kappa shape index (κ3) is 3.67. The molecule has 27 heavy (non-hydrogen) atoms. The molecule has 0 saturated carbocycles. The Morgan fingerprint density at radius 1 is 1.37 bits per heavy atom. The molecule has 0 radical (unpaired) electrons. The summed E-state index contributed by atoms with van der Waals surface area (Å²) in [6, 6.07) is 7.09. The highest BCUT2D eigenvalue weighted by Gasteiger charge is 2.22. The fourth-order valence-electron chi connectivity index (χ4n) is 3.59. The molecule has 140 valence electrons. The molecule has 0 fully saturated rings. The van der Waals surface area contributed by atoms with Crippen molar-refractivity contribution in [3.05, 3.63) is 67.4 Å². The number of aromatic nitrogens is 2. The number of fused-ring (bicyclic) bond motifs is 2. The smallest absolute Gasteiger partial charge is 0.348 e. The first kappa shape index (κ1) is 17.9. The van der Waals surface area contributed by atoms with E-state index in [1.807, 2.05) is 19.1 Å². The molecule has 6 heteroatoms. The molecule has 0 saturated heterocycles. The van der Waals surface area contributed by atoms with E-state index in [0.29, 0.717) is 16.2 Å². The minimum Gasteiger partial charge on any atom is -0.455 e. The molecule has 0 aliphatic heterocycles. The number of hydrogen-bond donors (Lipinski definition) is 0. The van der Waals surface area contributed by atoms with Crippen LogP contribution in [0.3, 0.4) is 0 Å². The molecule has 0 aromatic carbocycles. The molecule has 0 unspecified atom stereocenters. The number of aryl methyl sites for hydroxylation is 2. The summed E-state index contributed by atoms with van der Waals surface area (Å²) in [5, 5.41) is 0. The van der Waals surface area contributed by atoms with Gasteiger partial charge in [0.1, 0.15) is 17.1 Å². The highest BCUT2D eigenvalue weighted by molar-refractivity contribution is 7.14. The summed E-state index contributed by atoms with van der Waals surface area (Å²) in [6.45, 7) is 4.14. The zero-order valence-corrected chi connectivity index (χ0v) is 16.3. The van der Waals surface area contributed by atoms with E-state index in [4.69, 9.17) is 4.74 Å². The van der Waals surface area contributed by atoms with Crippen LogP contribution in [0.25, 0.3) is 5.65 Å². The van der Waals surface area contributed by atoms with Gasteiger partial charge in [-0.1, -0.05) is 19.4 Å². The zero-order valence-electron chi connectivity index (χ0n) is 15.5. The summed E-state index contributed by atoms with van der Waals surface area (Å²) in [7, 11) is 0. The molecule has 0 spiro atoms. The summed E-state index contributed by atoms with van der Waals surface area (Å²) in [5.74, 6) is 0.378. The third-order valence-corrected chi connectivity index (χ3v) is 6.39. The number of pyridine rings is 1. The van der Waals surface area contributed by atoms with Crippen LogP contribution in [0, 0.1) is 12.8 Å².